The molecule has 0 radical (unpaired) electrons. The highest BCUT2D eigenvalue weighted by Gasteiger charge is 2.20. The second-order valence-electron chi connectivity index (χ2n) is 8.17. The molecule has 0 saturated carbocycles. The lowest BCUT2D eigenvalue weighted by Gasteiger charge is -2.19. The van der Waals surface area contributed by atoms with Crippen molar-refractivity contribution in [2.75, 3.05) is 13.7 Å². The van der Waals surface area contributed by atoms with Gasteiger partial charge in [-0.25, -0.2) is 4.98 Å². The zero-order valence-electron chi connectivity index (χ0n) is 19.7. The van der Waals surface area contributed by atoms with Crippen LogP contribution in [0.2, 0.25) is 0 Å². The molecule has 1 heterocycles. The fourth-order valence-corrected chi connectivity index (χ4v) is 3.98. The summed E-state index contributed by atoms with van der Waals surface area (Å²) in [6, 6.07) is 24.2. The largest absolute Gasteiger partial charge is 0.497 e. The second-order valence-corrected chi connectivity index (χ2v) is 8.17. The fourth-order valence-electron chi connectivity index (χ4n) is 3.98. The Balaban J connectivity index is 1.44. The molecular formula is C28H32N2O3. The van der Waals surface area contributed by atoms with Gasteiger partial charge in [0.2, 0.25) is 0 Å². The van der Waals surface area contributed by atoms with Gasteiger partial charge in [-0.15, -0.1) is 0 Å². The second kappa shape index (κ2) is 10.9. The Morgan fingerprint density at radius 3 is 2.42 bits per heavy atom. The number of imidazole rings is 1. The summed E-state index contributed by atoms with van der Waals surface area (Å²) >= 11 is 0. The van der Waals surface area contributed by atoms with E-state index in [9.17, 15) is 0 Å². The van der Waals surface area contributed by atoms with Crippen molar-refractivity contribution in [3.8, 4) is 17.2 Å². The Hall–Kier alpha value is -3.47. The van der Waals surface area contributed by atoms with E-state index in [2.05, 4.69) is 48.7 Å². The third kappa shape index (κ3) is 5.67. The van der Waals surface area contributed by atoms with Crippen molar-refractivity contribution >= 4 is 11.0 Å². The van der Waals surface area contributed by atoms with Gasteiger partial charge in [0.15, 0.2) is 11.9 Å². The van der Waals surface area contributed by atoms with Crippen LogP contribution in [0.25, 0.3) is 11.0 Å². The van der Waals surface area contributed by atoms with Crippen molar-refractivity contribution in [2.45, 2.75) is 45.8 Å². The minimum absolute atomic E-state index is 0.102. The number of rotatable bonds is 11. The molecule has 4 rings (SSSR count). The Bertz CT molecular complexity index is 1170. The summed E-state index contributed by atoms with van der Waals surface area (Å²) in [6.45, 7) is 5.77. The molecule has 0 amide bonds. The molecule has 33 heavy (non-hydrogen) atoms. The highest BCUT2D eigenvalue weighted by atomic mass is 16.5. The van der Waals surface area contributed by atoms with Crippen LogP contribution < -0.4 is 14.2 Å². The van der Waals surface area contributed by atoms with Crippen LogP contribution in [0, 0.1) is 6.92 Å². The van der Waals surface area contributed by atoms with Gasteiger partial charge in [0, 0.05) is 6.54 Å². The number of hydrogen-bond donors (Lipinski definition) is 0. The maximum atomic E-state index is 6.39. The summed E-state index contributed by atoms with van der Waals surface area (Å²) in [5.41, 5.74) is 3.34. The molecule has 0 N–H and O–H groups in total. The molecule has 1 unspecified atom stereocenters. The maximum Gasteiger partial charge on any atom is 0.156 e. The average molecular weight is 445 g/mol. The highest BCUT2D eigenvalue weighted by Crippen LogP contribution is 2.28. The molecule has 0 bridgehead atoms. The van der Waals surface area contributed by atoms with Crippen LogP contribution in [0.1, 0.15) is 43.7 Å². The van der Waals surface area contributed by atoms with Gasteiger partial charge in [-0.2, -0.15) is 0 Å². The number of para-hydroxylation sites is 2. The Labute approximate surface area is 195 Å². The summed E-state index contributed by atoms with van der Waals surface area (Å²) < 4.78 is 19.8. The molecule has 3 aromatic carbocycles. The lowest BCUT2D eigenvalue weighted by molar-refractivity contribution is 0.186. The molecule has 172 valence electrons. The molecule has 0 aliphatic carbocycles. The minimum atomic E-state index is -0.102. The van der Waals surface area contributed by atoms with Gasteiger partial charge < -0.3 is 18.8 Å². The van der Waals surface area contributed by atoms with E-state index in [1.165, 1.54) is 5.56 Å². The number of aromatic nitrogens is 2. The first-order valence-corrected chi connectivity index (χ1v) is 11.6. The van der Waals surface area contributed by atoms with E-state index in [0.717, 1.165) is 59.9 Å². The Morgan fingerprint density at radius 1 is 0.879 bits per heavy atom. The molecule has 4 aromatic rings. The highest BCUT2D eigenvalue weighted by molar-refractivity contribution is 5.76. The number of methoxy groups -OCH3 is 1. The third-order valence-electron chi connectivity index (χ3n) is 5.71. The van der Waals surface area contributed by atoms with E-state index in [1.807, 2.05) is 42.5 Å². The number of aryl methyl sites for hydroxylation is 2. The van der Waals surface area contributed by atoms with Crippen LogP contribution in [0.4, 0.5) is 0 Å². The smallest absolute Gasteiger partial charge is 0.156 e. The van der Waals surface area contributed by atoms with Gasteiger partial charge in [-0.3, -0.25) is 0 Å². The molecule has 1 atom stereocenters. The molecule has 0 spiro atoms. The van der Waals surface area contributed by atoms with Crippen LogP contribution >= 0.6 is 0 Å². The topological polar surface area (TPSA) is 45.5 Å². The van der Waals surface area contributed by atoms with Gasteiger partial charge in [0.1, 0.15) is 17.2 Å². The first-order chi connectivity index (χ1) is 16.2. The number of unbranched alkanes of at least 4 members (excludes halogenated alkanes) is 1. The quantitative estimate of drug-likeness (QED) is 0.240. The van der Waals surface area contributed by atoms with E-state index in [1.54, 1.807) is 7.11 Å². The van der Waals surface area contributed by atoms with E-state index in [0.29, 0.717) is 6.61 Å². The van der Waals surface area contributed by atoms with Crippen molar-refractivity contribution in [3.63, 3.8) is 0 Å². The molecule has 0 saturated heterocycles. The Morgan fingerprint density at radius 2 is 1.67 bits per heavy atom. The van der Waals surface area contributed by atoms with Crippen LogP contribution in [0.5, 0.6) is 17.2 Å². The van der Waals surface area contributed by atoms with Crippen molar-refractivity contribution in [1.82, 2.24) is 9.55 Å². The standard InChI is InChI=1S/C28H32N2O3/c1-4-27(33-24-11-9-10-21(2)20-24)28-29-25-12-5-6-13-26(25)30(28)18-7-8-19-32-23-16-14-22(31-3)15-17-23/h5-6,9-17,20,27H,4,7-8,18-19H2,1-3H3. The predicted molar refractivity (Wildman–Crippen MR) is 132 cm³/mol. The predicted octanol–water partition coefficient (Wildman–Crippen LogP) is 6.74. The summed E-state index contributed by atoms with van der Waals surface area (Å²) in [4.78, 5) is 4.96. The van der Waals surface area contributed by atoms with Crippen LogP contribution in [-0.2, 0) is 6.54 Å². The van der Waals surface area contributed by atoms with Gasteiger partial charge in [-0.05, 0) is 80.3 Å². The normalized spacial score (nSPS) is 12.0. The fraction of sp³-hybridized carbons (Fsp3) is 0.321. The zero-order valence-corrected chi connectivity index (χ0v) is 19.7. The number of fused-ring (bicyclic) bond motifs is 1. The molecule has 0 fully saturated rings. The molecule has 0 aliphatic heterocycles. The molecular weight excluding hydrogens is 412 g/mol. The molecule has 5 nitrogen and oxygen atoms in total. The number of hydrogen-bond acceptors (Lipinski definition) is 4. The SMILES string of the molecule is CCC(Oc1cccc(C)c1)c1nc2ccccc2n1CCCCOc1ccc(OC)cc1. The van der Waals surface area contributed by atoms with Gasteiger partial charge >= 0.3 is 0 Å². The molecule has 1 aromatic heterocycles. The first-order valence-electron chi connectivity index (χ1n) is 11.6. The number of nitrogens with zero attached hydrogens (tertiary/aromatic N) is 2. The van der Waals surface area contributed by atoms with E-state index in [-0.39, 0.29) is 6.10 Å². The van der Waals surface area contributed by atoms with E-state index >= 15 is 0 Å². The Kier molecular flexibility index (Phi) is 7.51. The molecule has 5 heteroatoms. The van der Waals surface area contributed by atoms with Crippen molar-refractivity contribution < 1.29 is 14.2 Å². The van der Waals surface area contributed by atoms with E-state index in [4.69, 9.17) is 19.2 Å². The summed E-state index contributed by atoms with van der Waals surface area (Å²) in [5, 5.41) is 0. The van der Waals surface area contributed by atoms with Gasteiger partial charge in [0.25, 0.3) is 0 Å². The summed E-state index contributed by atoms with van der Waals surface area (Å²) in [7, 11) is 1.67. The number of ether oxygens (including phenoxy) is 3. The van der Waals surface area contributed by atoms with Gasteiger partial charge in [-0.1, -0.05) is 31.2 Å². The molecule has 0 aliphatic rings. The van der Waals surface area contributed by atoms with Crippen molar-refractivity contribution in [1.29, 1.82) is 0 Å². The minimum Gasteiger partial charge on any atom is -0.497 e. The van der Waals surface area contributed by atoms with Crippen LogP contribution in [0.15, 0.2) is 72.8 Å². The average Bonchev–Trinajstić information content (AvgIpc) is 3.21. The van der Waals surface area contributed by atoms with Crippen LogP contribution in [-0.4, -0.2) is 23.3 Å². The van der Waals surface area contributed by atoms with Gasteiger partial charge in [0.05, 0.1) is 24.8 Å². The van der Waals surface area contributed by atoms with E-state index < -0.39 is 0 Å². The zero-order chi connectivity index (χ0) is 23.0. The lowest BCUT2D eigenvalue weighted by atomic mass is 10.2. The number of benzene rings is 3. The summed E-state index contributed by atoms with van der Waals surface area (Å²) in [5.74, 6) is 3.56. The lowest BCUT2D eigenvalue weighted by Crippen LogP contribution is -2.15. The van der Waals surface area contributed by atoms with Crippen molar-refractivity contribution in [3.05, 3.63) is 84.2 Å². The first kappa shape index (κ1) is 22.7. The third-order valence-corrected chi connectivity index (χ3v) is 5.71. The monoisotopic (exact) mass is 444 g/mol. The summed E-state index contributed by atoms with van der Waals surface area (Å²) in [6.07, 6.45) is 2.69. The van der Waals surface area contributed by atoms with Crippen molar-refractivity contribution in [2.24, 2.45) is 0 Å². The van der Waals surface area contributed by atoms with Crippen LogP contribution in [0.3, 0.4) is 0 Å². The maximum absolute atomic E-state index is 6.39.